The molecule has 3 aromatic rings. The van der Waals surface area contributed by atoms with Crippen LogP contribution in [0.3, 0.4) is 0 Å². The fourth-order valence-corrected chi connectivity index (χ4v) is 2.55. The van der Waals surface area contributed by atoms with E-state index in [2.05, 4.69) is 9.84 Å². The molecule has 0 saturated heterocycles. The number of halogens is 5. The van der Waals surface area contributed by atoms with Crippen LogP contribution in [0.4, 0.5) is 17.6 Å². The van der Waals surface area contributed by atoms with Crippen molar-refractivity contribution in [2.45, 2.75) is 6.36 Å². The van der Waals surface area contributed by atoms with Gasteiger partial charge in [0, 0.05) is 10.6 Å². The van der Waals surface area contributed by atoms with Gasteiger partial charge in [0.1, 0.15) is 0 Å². The number of rotatable bonds is 4. The monoisotopic (exact) mass is 400 g/mol. The first-order valence-corrected chi connectivity index (χ1v) is 7.67. The van der Waals surface area contributed by atoms with Crippen molar-refractivity contribution in [3.05, 3.63) is 65.1 Å². The molecule has 1 heterocycles. The highest BCUT2D eigenvalue weighted by Crippen LogP contribution is 2.32. The van der Waals surface area contributed by atoms with Crippen molar-refractivity contribution in [2.75, 3.05) is 0 Å². The number of carboxylic acid groups (broad SMARTS) is 1. The van der Waals surface area contributed by atoms with Crippen molar-refractivity contribution < 1.29 is 32.2 Å². The lowest BCUT2D eigenvalue weighted by Gasteiger charge is -2.12. The van der Waals surface area contributed by atoms with Crippen LogP contribution in [0.2, 0.25) is 5.02 Å². The zero-order valence-electron chi connectivity index (χ0n) is 13.2. The number of alkyl halides is 3. The first-order chi connectivity index (χ1) is 12.6. The molecule has 10 heteroatoms. The second-order valence-electron chi connectivity index (χ2n) is 5.30. The summed E-state index contributed by atoms with van der Waals surface area (Å²) in [5, 5.41) is 13.5. The maximum Gasteiger partial charge on any atom is 0.573 e. The molecular weight excluding hydrogens is 392 g/mol. The molecule has 0 unspecified atom stereocenters. The molecule has 1 aromatic heterocycles. The van der Waals surface area contributed by atoms with Gasteiger partial charge in [0.15, 0.2) is 17.3 Å². The zero-order chi connectivity index (χ0) is 19.8. The predicted octanol–water partition coefficient (Wildman–Crippen LogP) is 4.93. The lowest BCUT2D eigenvalue weighted by atomic mass is 10.1. The van der Waals surface area contributed by atoms with E-state index in [-0.39, 0.29) is 17.0 Å². The molecule has 0 aliphatic heterocycles. The smallest absolute Gasteiger partial charge is 0.476 e. The highest BCUT2D eigenvalue weighted by molar-refractivity contribution is 6.30. The number of hydrogen-bond donors (Lipinski definition) is 1. The third-order valence-corrected chi connectivity index (χ3v) is 3.67. The van der Waals surface area contributed by atoms with E-state index in [4.69, 9.17) is 11.6 Å². The van der Waals surface area contributed by atoms with Gasteiger partial charge in [-0.05, 0) is 42.5 Å². The van der Waals surface area contributed by atoms with Crippen molar-refractivity contribution >= 4 is 17.6 Å². The van der Waals surface area contributed by atoms with Crippen molar-refractivity contribution in [1.29, 1.82) is 0 Å². The minimum Gasteiger partial charge on any atom is -0.476 e. The summed E-state index contributed by atoms with van der Waals surface area (Å²) in [7, 11) is 0. The molecule has 0 bridgehead atoms. The van der Waals surface area contributed by atoms with Gasteiger partial charge in [0.2, 0.25) is 0 Å². The Morgan fingerprint density at radius 3 is 2.52 bits per heavy atom. The van der Waals surface area contributed by atoms with Crippen molar-refractivity contribution in [3.63, 3.8) is 0 Å². The molecule has 3 rings (SSSR count). The zero-order valence-corrected chi connectivity index (χ0v) is 13.9. The van der Waals surface area contributed by atoms with Crippen LogP contribution < -0.4 is 4.74 Å². The fourth-order valence-electron chi connectivity index (χ4n) is 2.36. The van der Waals surface area contributed by atoms with Crippen molar-refractivity contribution in [3.8, 4) is 22.7 Å². The van der Waals surface area contributed by atoms with E-state index >= 15 is 0 Å². The van der Waals surface area contributed by atoms with Crippen LogP contribution in [0.25, 0.3) is 16.9 Å². The number of carbonyl (C=O) groups is 1. The Hall–Kier alpha value is -3.07. The van der Waals surface area contributed by atoms with E-state index < -0.39 is 23.9 Å². The highest BCUT2D eigenvalue weighted by Gasteiger charge is 2.32. The Labute approximate surface area is 154 Å². The lowest BCUT2D eigenvalue weighted by molar-refractivity contribution is -0.275. The van der Waals surface area contributed by atoms with Crippen LogP contribution in [0.5, 0.6) is 5.75 Å². The van der Waals surface area contributed by atoms with Crippen molar-refractivity contribution in [1.82, 2.24) is 9.78 Å². The summed E-state index contributed by atoms with van der Waals surface area (Å²) in [6.07, 6.45) is -5.08. The fraction of sp³-hybridized carbons (Fsp3) is 0.0588. The molecular formula is C17H9ClF4N2O3. The molecule has 0 radical (unpaired) electrons. The molecule has 5 nitrogen and oxygen atoms in total. The summed E-state index contributed by atoms with van der Waals surface area (Å²) in [6, 6.07) is 10.2. The van der Waals surface area contributed by atoms with Crippen LogP contribution >= 0.6 is 11.6 Å². The number of carboxylic acids is 1. The quantitative estimate of drug-likeness (QED) is 0.631. The van der Waals surface area contributed by atoms with E-state index in [1.807, 2.05) is 0 Å². The summed E-state index contributed by atoms with van der Waals surface area (Å²) < 4.78 is 55.9. The van der Waals surface area contributed by atoms with E-state index in [1.54, 1.807) is 18.2 Å². The number of aromatic nitrogens is 2. The first-order valence-electron chi connectivity index (χ1n) is 7.29. The molecule has 0 fully saturated rings. The number of aromatic carboxylic acids is 1. The average molecular weight is 401 g/mol. The molecule has 0 aliphatic rings. The molecule has 0 aliphatic carbocycles. The van der Waals surface area contributed by atoms with Gasteiger partial charge in [0.05, 0.1) is 11.4 Å². The van der Waals surface area contributed by atoms with Gasteiger partial charge in [-0.15, -0.1) is 13.2 Å². The maximum atomic E-state index is 13.7. The average Bonchev–Trinajstić information content (AvgIpc) is 3.01. The Morgan fingerprint density at radius 1 is 1.15 bits per heavy atom. The Balaban J connectivity index is 2.16. The second-order valence-corrected chi connectivity index (χ2v) is 5.74. The van der Waals surface area contributed by atoms with Gasteiger partial charge in [-0.25, -0.2) is 13.9 Å². The number of benzene rings is 2. The summed E-state index contributed by atoms with van der Waals surface area (Å²) in [5.74, 6) is -3.61. The predicted molar refractivity (Wildman–Crippen MR) is 87.6 cm³/mol. The number of ether oxygens (including phenoxy) is 1. The van der Waals surface area contributed by atoms with E-state index in [9.17, 15) is 27.5 Å². The van der Waals surface area contributed by atoms with Crippen LogP contribution in [0.15, 0.2) is 48.5 Å². The number of hydrogen-bond acceptors (Lipinski definition) is 3. The van der Waals surface area contributed by atoms with E-state index in [0.717, 1.165) is 18.2 Å². The third-order valence-electron chi connectivity index (χ3n) is 3.43. The summed E-state index contributed by atoms with van der Waals surface area (Å²) in [5.41, 5.74) is 0.192. The Morgan fingerprint density at radius 2 is 1.89 bits per heavy atom. The maximum absolute atomic E-state index is 13.7. The molecule has 0 atom stereocenters. The van der Waals surface area contributed by atoms with Gasteiger partial charge in [-0.3, -0.25) is 0 Å². The van der Waals surface area contributed by atoms with Gasteiger partial charge in [0.25, 0.3) is 0 Å². The van der Waals surface area contributed by atoms with Crippen molar-refractivity contribution in [2.24, 2.45) is 0 Å². The van der Waals surface area contributed by atoms with Crippen LogP contribution in [0.1, 0.15) is 10.5 Å². The largest absolute Gasteiger partial charge is 0.573 e. The number of nitrogens with zero attached hydrogens (tertiary/aromatic N) is 2. The molecule has 27 heavy (non-hydrogen) atoms. The normalized spacial score (nSPS) is 11.4. The van der Waals surface area contributed by atoms with E-state index in [1.165, 1.54) is 16.8 Å². The Kier molecular flexibility index (Phi) is 4.79. The summed E-state index contributed by atoms with van der Waals surface area (Å²) in [6.45, 7) is 0. The minimum absolute atomic E-state index is 0.0654. The molecule has 0 amide bonds. The SMILES string of the molecule is O=C(O)c1cc(-c2ccc(F)c(OC(F)(F)F)c2)n(-c2cccc(Cl)c2)n1. The topological polar surface area (TPSA) is 64.3 Å². The lowest BCUT2D eigenvalue weighted by Crippen LogP contribution is -2.18. The van der Waals surface area contributed by atoms with Crippen LogP contribution in [-0.2, 0) is 0 Å². The van der Waals surface area contributed by atoms with Gasteiger partial charge >= 0.3 is 12.3 Å². The summed E-state index contributed by atoms with van der Waals surface area (Å²) in [4.78, 5) is 11.3. The van der Waals surface area contributed by atoms with Crippen LogP contribution in [0, 0.1) is 5.82 Å². The van der Waals surface area contributed by atoms with Gasteiger partial charge in [-0.1, -0.05) is 17.7 Å². The van der Waals surface area contributed by atoms with Gasteiger partial charge < -0.3 is 9.84 Å². The molecule has 0 saturated carbocycles. The van der Waals surface area contributed by atoms with Gasteiger partial charge in [-0.2, -0.15) is 5.10 Å². The molecule has 2 aromatic carbocycles. The highest BCUT2D eigenvalue weighted by atomic mass is 35.5. The molecule has 1 N–H and O–H groups in total. The minimum atomic E-state index is -5.08. The summed E-state index contributed by atoms with van der Waals surface area (Å²) >= 11 is 5.93. The Bertz CT molecular complexity index is 1020. The molecule has 140 valence electrons. The second kappa shape index (κ2) is 6.92. The standard InChI is InChI=1S/C17H9ClF4N2O3/c18-10-2-1-3-11(7-10)24-14(8-13(23-24)16(25)26)9-4-5-12(19)15(6-9)27-17(20,21)22/h1-8H,(H,25,26). The molecule has 0 spiro atoms. The van der Waals surface area contributed by atoms with Crippen LogP contribution in [-0.4, -0.2) is 27.2 Å². The van der Waals surface area contributed by atoms with E-state index in [0.29, 0.717) is 10.7 Å². The first kappa shape index (κ1) is 18.7. The third kappa shape index (κ3) is 4.20.